The molecule has 0 fully saturated rings. The lowest BCUT2D eigenvalue weighted by Crippen LogP contribution is -2.36. The lowest BCUT2D eigenvalue weighted by Gasteiger charge is -2.09. The van der Waals surface area contributed by atoms with Crippen molar-refractivity contribution in [2.45, 2.75) is 32.9 Å². The molecule has 1 amide bonds. The quantitative estimate of drug-likeness (QED) is 0.509. The molecule has 0 radical (unpaired) electrons. The Bertz CT molecular complexity index is 185. The van der Waals surface area contributed by atoms with E-state index in [0.717, 1.165) is 0 Å². The van der Waals surface area contributed by atoms with Gasteiger partial charge in [0.15, 0.2) is 0 Å². The molecular weight excluding hydrogens is 160 g/mol. The second kappa shape index (κ2) is 4.99. The Morgan fingerprint density at radius 3 is 2.45 bits per heavy atom. The predicted molar refractivity (Wildman–Crippen MR) is 47.8 cm³/mol. The zero-order valence-electron chi connectivity index (χ0n) is 6.92. The summed E-state index contributed by atoms with van der Waals surface area (Å²) in [7, 11) is 0. The van der Waals surface area contributed by atoms with Gasteiger partial charge in [-0.2, -0.15) is 0 Å². The molecule has 11 heavy (non-hydrogen) atoms. The standard InChI is InChI=1S/C7H12N2OS/c1-5(2)9-7(10)6(3)8-4-11/h5-6H,1-3H3,(H,9,10). The molecule has 0 heterocycles. The lowest BCUT2D eigenvalue weighted by atomic mass is 10.3. The number of isothiocyanates is 1. The molecule has 4 heteroatoms. The van der Waals surface area contributed by atoms with Gasteiger partial charge in [0.1, 0.15) is 6.04 Å². The first-order valence-corrected chi connectivity index (χ1v) is 3.86. The summed E-state index contributed by atoms with van der Waals surface area (Å²) in [5.41, 5.74) is 0. The Hall–Kier alpha value is -0.730. The fourth-order valence-corrected chi connectivity index (χ4v) is 0.701. The highest BCUT2D eigenvalue weighted by molar-refractivity contribution is 7.78. The van der Waals surface area contributed by atoms with Crippen LogP contribution in [0.15, 0.2) is 4.99 Å². The van der Waals surface area contributed by atoms with Gasteiger partial charge >= 0.3 is 0 Å². The number of carbonyl (C=O) groups is 1. The Kier molecular flexibility index (Phi) is 4.66. The summed E-state index contributed by atoms with van der Waals surface area (Å²) in [4.78, 5) is 14.7. The third-order valence-corrected chi connectivity index (χ3v) is 1.16. The van der Waals surface area contributed by atoms with Gasteiger partial charge in [0.2, 0.25) is 5.91 Å². The molecule has 0 aromatic carbocycles. The van der Waals surface area contributed by atoms with Crippen molar-refractivity contribution < 1.29 is 4.79 Å². The number of hydrogen-bond acceptors (Lipinski definition) is 3. The van der Waals surface area contributed by atoms with Crippen molar-refractivity contribution in [3.05, 3.63) is 0 Å². The first-order valence-electron chi connectivity index (χ1n) is 3.45. The van der Waals surface area contributed by atoms with Crippen LogP contribution in [0.2, 0.25) is 0 Å². The van der Waals surface area contributed by atoms with Crippen LogP contribution >= 0.6 is 12.2 Å². The minimum atomic E-state index is -0.421. The van der Waals surface area contributed by atoms with Crippen LogP contribution in [0.3, 0.4) is 0 Å². The average molecular weight is 172 g/mol. The summed E-state index contributed by atoms with van der Waals surface area (Å²) in [6.07, 6.45) is 0. The number of carbonyl (C=O) groups excluding carboxylic acids is 1. The van der Waals surface area contributed by atoms with E-state index in [9.17, 15) is 4.79 Å². The zero-order chi connectivity index (χ0) is 8.85. The highest BCUT2D eigenvalue weighted by Gasteiger charge is 2.10. The molecule has 0 aliphatic rings. The third kappa shape index (κ3) is 4.65. The average Bonchev–Trinajstić information content (AvgIpc) is 1.86. The lowest BCUT2D eigenvalue weighted by molar-refractivity contribution is -0.122. The Morgan fingerprint density at radius 2 is 2.09 bits per heavy atom. The van der Waals surface area contributed by atoms with Gasteiger partial charge < -0.3 is 5.32 Å². The SMILES string of the molecule is CC(C)NC(=O)C(C)N=C=S. The fourth-order valence-electron chi connectivity index (χ4n) is 0.543. The zero-order valence-corrected chi connectivity index (χ0v) is 7.73. The maximum atomic E-state index is 11.1. The van der Waals surface area contributed by atoms with Crippen molar-refractivity contribution in [1.82, 2.24) is 5.32 Å². The van der Waals surface area contributed by atoms with E-state index in [1.807, 2.05) is 13.8 Å². The van der Waals surface area contributed by atoms with E-state index >= 15 is 0 Å². The van der Waals surface area contributed by atoms with Crippen molar-refractivity contribution in [3.8, 4) is 0 Å². The van der Waals surface area contributed by atoms with Gasteiger partial charge in [-0.05, 0) is 33.0 Å². The van der Waals surface area contributed by atoms with Crippen molar-refractivity contribution in [2.24, 2.45) is 4.99 Å². The molecule has 0 aromatic rings. The molecule has 0 aromatic heterocycles. The van der Waals surface area contributed by atoms with Crippen LogP contribution in [0, 0.1) is 0 Å². The van der Waals surface area contributed by atoms with Crippen molar-refractivity contribution in [1.29, 1.82) is 0 Å². The molecule has 62 valence electrons. The van der Waals surface area contributed by atoms with Gasteiger partial charge in [0.05, 0.1) is 5.16 Å². The highest BCUT2D eigenvalue weighted by Crippen LogP contribution is 1.89. The Balaban J connectivity index is 3.92. The topological polar surface area (TPSA) is 41.5 Å². The van der Waals surface area contributed by atoms with Crippen LogP contribution in [0.4, 0.5) is 0 Å². The smallest absolute Gasteiger partial charge is 0.245 e. The van der Waals surface area contributed by atoms with Crippen LogP contribution in [0.1, 0.15) is 20.8 Å². The first-order chi connectivity index (χ1) is 5.07. The second-order valence-corrected chi connectivity index (χ2v) is 2.74. The van der Waals surface area contributed by atoms with Gasteiger partial charge in [0, 0.05) is 6.04 Å². The number of nitrogens with zero attached hydrogens (tertiary/aromatic N) is 1. The number of nitrogens with one attached hydrogen (secondary N) is 1. The van der Waals surface area contributed by atoms with E-state index in [4.69, 9.17) is 0 Å². The Labute approximate surface area is 71.9 Å². The third-order valence-electron chi connectivity index (χ3n) is 1.06. The monoisotopic (exact) mass is 172 g/mol. The van der Waals surface area contributed by atoms with Gasteiger partial charge in [-0.3, -0.25) is 4.79 Å². The summed E-state index contributed by atoms with van der Waals surface area (Å²) in [5, 5.41) is 4.88. The Morgan fingerprint density at radius 1 is 1.55 bits per heavy atom. The normalized spacial score (nSPS) is 12.0. The van der Waals surface area contributed by atoms with Crippen molar-refractivity contribution in [3.63, 3.8) is 0 Å². The summed E-state index contributed by atoms with van der Waals surface area (Å²) < 4.78 is 0. The molecule has 0 saturated carbocycles. The van der Waals surface area contributed by atoms with Gasteiger partial charge in [-0.25, -0.2) is 4.99 Å². The molecule has 0 bridgehead atoms. The number of amides is 1. The molecular formula is C7H12N2OS. The fraction of sp³-hybridized carbons (Fsp3) is 0.714. The van der Waals surface area contributed by atoms with Gasteiger partial charge in [-0.15, -0.1) is 0 Å². The van der Waals surface area contributed by atoms with E-state index in [-0.39, 0.29) is 11.9 Å². The van der Waals surface area contributed by atoms with E-state index in [1.165, 1.54) is 0 Å². The summed E-state index contributed by atoms with van der Waals surface area (Å²) in [5.74, 6) is -0.114. The van der Waals surface area contributed by atoms with Crippen LogP contribution in [0.25, 0.3) is 0 Å². The van der Waals surface area contributed by atoms with Gasteiger partial charge in [-0.1, -0.05) is 0 Å². The first kappa shape index (κ1) is 10.3. The van der Waals surface area contributed by atoms with Crippen LogP contribution in [-0.4, -0.2) is 23.2 Å². The molecule has 0 rings (SSSR count). The molecule has 0 saturated heterocycles. The molecule has 0 aliphatic heterocycles. The largest absolute Gasteiger partial charge is 0.352 e. The number of thiocarbonyl (C=S) groups is 1. The molecule has 1 atom stereocenters. The predicted octanol–water partition coefficient (Wildman–Crippen LogP) is 1.00. The van der Waals surface area contributed by atoms with Crippen LogP contribution in [0.5, 0.6) is 0 Å². The van der Waals surface area contributed by atoms with Crippen LogP contribution in [-0.2, 0) is 4.79 Å². The second-order valence-electron chi connectivity index (χ2n) is 2.56. The minimum absolute atomic E-state index is 0.114. The molecule has 1 N–H and O–H groups in total. The van der Waals surface area contributed by atoms with Crippen molar-refractivity contribution in [2.75, 3.05) is 0 Å². The number of aliphatic imine (C=N–C) groups is 1. The molecule has 1 unspecified atom stereocenters. The van der Waals surface area contributed by atoms with Crippen LogP contribution < -0.4 is 5.32 Å². The highest BCUT2D eigenvalue weighted by atomic mass is 32.1. The van der Waals surface area contributed by atoms with E-state index in [1.54, 1.807) is 6.92 Å². The van der Waals surface area contributed by atoms with E-state index < -0.39 is 6.04 Å². The summed E-state index contributed by atoms with van der Waals surface area (Å²) in [6.45, 7) is 5.47. The van der Waals surface area contributed by atoms with Crippen molar-refractivity contribution >= 4 is 23.3 Å². The summed E-state index contributed by atoms with van der Waals surface area (Å²) in [6, 6.07) is -0.278. The minimum Gasteiger partial charge on any atom is -0.352 e. The maximum Gasteiger partial charge on any atom is 0.245 e. The number of rotatable bonds is 3. The molecule has 0 spiro atoms. The van der Waals surface area contributed by atoms with E-state index in [2.05, 4.69) is 27.7 Å². The molecule has 0 aliphatic carbocycles. The molecule has 3 nitrogen and oxygen atoms in total. The summed E-state index contributed by atoms with van der Waals surface area (Å²) >= 11 is 4.36. The maximum absolute atomic E-state index is 11.1. The van der Waals surface area contributed by atoms with Gasteiger partial charge in [0.25, 0.3) is 0 Å². The van der Waals surface area contributed by atoms with E-state index in [0.29, 0.717) is 0 Å². The number of hydrogen-bond donors (Lipinski definition) is 1.